The maximum atomic E-state index is 6.08. The molecule has 1 nitrogen and oxygen atoms in total. The van der Waals surface area contributed by atoms with E-state index in [-0.39, 0.29) is 0 Å². The average molecular weight is 376 g/mol. The Balaban J connectivity index is 2.34. The summed E-state index contributed by atoms with van der Waals surface area (Å²) in [5.41, 5.74) is 1.09. The van der Waals surface area contributed by atoms with Crippen molar-refractivity contribution in [3.05, 3.63) is 57.5 Å². The summed E-state index contributed by atoms with van der Waals surface area (Å²) in [6.07, 6.45) is 0. The minimum atomic E-state index is 0.595. The van der Waals surface area contributed by atoms with E-state index in [1.54, 1.807) is 6.07 Å². The second-order valence-electron chi connectivity index (χ2n) is 3.42. The molecule has 0 unspecified atom stereocenters. The van der Waals surface area contributed by atoms with Crippen molar-refractivity contribution in [1.82, 2.24) is 0 Å². The van der Waals surface area contributed by atoms with Gasteiger partial charge in [-0.25, -0.2) is 0 Å². The predicted molar refractivity (Wildman–Crippen MR) is 78.3 cm³/mol. The first kappa shape index (κ1) is 12.9. The smallest absolute Gasteiger partial charge is 0.147 e. The van der Waals surface area contributed by atoms with E-state index >= 15 is 0 Å². The third-order valence-corrected chi connectivity index (χ3v) is 3.64. The highest BCUT2D eigenvalue weighted by Crippen LogP contribution is 2.33. The van der Waals surface area contributed by atoms with Gasteiger partial charge in [-0.1, -0.05) is 61.7 Å². The maximum absolute atomic E-state index is 6.08. The summed E-state index contributed by atoms with van der Waals surface area (Å²) >= 11 is 12.9. The molecule has 2 aromatic carbocycles. The standard InChI is InChI=1S/C13H9Br2ClO/c14-8-9-3-1-2-4-12(9)17-13-7-10(15)5-6-11(13)16/h1-7H,8H2. The number of halogens is 3. The van der Waals surface area contributed by atoms with E-state index in [4.69, 9.17) is 16.3 Å². The minimum absolute atomic E-state index is 0.595. The highest BCUT2D eigenvalue weighted by Gasteiger charge is 2.07. The van der Waals surface area contributed by atoms with Gasteiger partial charge in [-0.3, -0.25) is 0 Å². The van der Waals surface area contributed by atoms with E-state index in [0.29, 0.717) is 10.8 Å². The van der Waals surface area contributed by atoms with Gasteiger partial charge < -0.3 is 4.74 Å². The highest BCUT2D eigenvalue weighted by atomic mass is 79.9. The monoisotopic (exact) mass is 374 g/mol. The molecule has 0 aliphatic heterocycles. The van der Waals surface area contributed by atoms with Crippen LogP contribution in [0.3, 0.4) is 0 Å². The van der Waals surface area contributed by atoms with Crippen molar-refractivity contribution in [2.75, 3.05) is 0 Å². The lowest BCUT2D eigenvalue weighted by atomic mass is 10.2. The minimum Gasteiger partial charge on any atom is -0.455 e. The summed E-state index contributed by atoms with van der Waals surface area (Å²) < 4.78 is 6.76. The lowest BCUT2D eigenvalue weighted by Gasteiger charge is -2.11. The van der Waals surface area contributed by atoms with E-state index in [1.165, 1.54) is 0 Å². The topological polar surface area (TPSA) is 9.23 Å². The molecule has 0 spiro atoms. The second-order valence-corrected chi connectivity index (χ2v) is 5.30. The van der Waals surface area contributed by atoms with Crippen LogP contribution in [-0.4, -0.2) is 0 Å². The quantitative estimate of drug-likeness (QED) is 0.616. The van der Waals surface area contributed by atoms with Gasteiger partial charge in [0.25, 0.3) is 0 Å². The molecule has 4 heteroatoms. The molecule has 0 N–H and O–H groups in total. The van der Waals surface area contributed by atoms with E-state index < -0.39 is 0 Å². The second kappa shape index (κ2) is 5.89. The fraction of sp³-hybridized carbons (Fsp3) is 0.0769. The molecule has 0 bridgehead atoms. The van der Waals surface area contributed by atoms with Gasteiger partial charge in [0, 0.05) is 15.4 Å². The fourth-order valence-corrected chi connectivity index (χ4v) is 2.35. The Hall–Kier alpha value is -0.510. The molecule has 17 heavy (non-hydrogen) atoms. The Morgan fingerprint density at radius 3 is 2.59 bits per heavy atom. The van der Waals surface area contributed by atoms with Gasteiger partial charge in [-0.2, -0.15) is 0 Å². The number of hydrogen-bond donors (Lipinski definition) is 0. The maximum Gasteiger partial charge on any atom is 0.147 e. The van der Waals surface area contributed by atoms with Crippen LogP contribution in [0.1, 0.15) is 5.56 Å². The van der Waals surface area contributed by atoms with E-state index in [1.807, 2.05) is 36.4 Å². The normalized spacial score (nSPS) is 10.3. The molecule has 0 aliphatic rings. The summed E-state index contributed by atoms with van der Waals surface area (Å²) in [5, 5.41) is 1.34. The average Bonchev–Trinajstić information content (AvgIpc) is 2.34. The Labute approximate surface area is 122 Å². The number of benzene rings is 2. The van der Waals surface area contributed by atoms with Crippen LogP contribution in [0, 0.1) is 0 Å². The van der Waals surface area contributed by atoms with Crippen LogP contribution in [0.4, 0.5) is 0 Å². The van der Waals surface area contributed by atoms with E-state index in [2.05, 4.69) is 31.9 Å². The lowest BCUT2D eigenvalue weighted by Crippen LogP contribution is -1.89. The molecule has 0 aromatic heterocycles. The number of para-hydroxylation sites is 1. The number of ether oxygens (including phenoxy) is 1. The Morgan fingerprint density at radius 2 is 1.82 bits per heavy atom. The zero-order valence-electron chi connectivity index (χ0n) is 8.79. The third kappa shape index (κ3) is 3.24. The van der Waals surface area contributed by atoms with Crippen LogP contribution < -0.4 is 4.74 Å². The Bertz CT molecular complexity index is 529. The van der Waals surface area contributed by atoms with Crippen molar-refractivity contribution in [3.63, 3.8) is 0 Å². The molecule has 0 heterocycles. The number of hydrogen-bond acceptors (Lipinski definition) is 1. The van der Waals surface area contributed by atoms with Crippen molar-refractivity contribution in [2.24, 2.45) is 0 Å². The molecule has 88 valence electrons. The molecular formula is C13H9Br2ClO. The molecule has 0 saturated heterocycles. The highest BCUT2D eigenvalue weighted by molar-refractivity contribution is 9.10. The Morgan fingerprint density at radius 1 is 1.06 bits per heavy atom. The largest absolute Gasteiger partial charge is 0.455 e. The van der Waals surface area contributed by atoms with Crippen LogP contribution in [0.2, 0.25) is 5.02 Å². The van der Waals surface area contributed by atoms with Crippen LogP contribution in [0.25, 0.3) is 0 Å². The van der Waals surface area contributed by atoms with Crippen molar-refractivity contribution in [1.29, 1.82) is 0 Å². The predicted octanol–water partition coefficient (Wildman–Crippen LogP) is 5.79. The molecule has 0 saturated carbocycles. The zero-order valence-corrected chi connectivity index (χ0v) is 12.7. The third-order valence-electron chi connectivity index (χ3n) is 2.23. The van der Waals surface area contributed by atoms with Crippen LogP contribution >= 0.6 is 43.5 Å². The van der Waals surface area contributed by atoms with Crippen molar-refractivity contribution >= 4 is 43.5 Å². The van der Waals surface area contributed by atoms with Crippen molar-refractivity contribution < 1.29 is 4.74 Å². The molecule has 0 atom stereocenters. The first-order valence-corrected chi connectivity index (χ1v) is 7.26. The summed E-state index contributed by atoms with van der Waals surface area (Å²) in [6.45, 7) is 0. The first-order chi connectivity index (χ1) is 8.20. The molecule has 2 rings (SSSR count). The van der Waals surface area contributed by atoms with Crippen molar-refractivity contribution in [2.45, 2.75) is 5.33 Å². The SMILES string of the molecule is Clc1ccc(Br)cc1Oc1ccccc1CBr. The van der Waals surface area contributed by atoms with Gasteiger partial charge >= 0.3 is 0 Å². The number of alkyl halides is 1. The Kier molecular flexibility index (Phi) is 4.48. The zero-order chi connectivity index (χ0) is 12.3. The molecule has 0 aliphatic carbocycles. The fourth-order valence-electron chi connectivity index (χ4n) is 1.39. The van der Waals surface area contributed by atoms with Crippen molar-refractivity contribution in [3.8, 4) is 11.5 Å². The van der Waals surface area contributed by atoms with Gasteiger partial charge in [0.05, 0.1) is 5.02 Å². The van der Waals surface area contributed by atoms with Crippen LogP contribution in [0.5, 0.6) is 11.5 Å². The molecule has 0 amide bonds. The molecule has 0 fully saturated rings. The summed E-state index contributed by atoms with van der Waals surface area (Å²) in [7, 11) is 0. The van der Waals surface area contributed by atoms with Crippen LogP contribution in [0.15, 0.2) is 46.9 Å². The van der Waals surface area contributed by atoms with Gasteiger partial charge in [0.2, 0.25) is 0 Å². The van der Waals surface area contributed by atoms with Gasteiger partial charge in [-0.15, -0.1) is 0 Å². The summed E-state index contributed by atoms with van der Waals surface area (Å²) in [6, 6.07) is 13.4. The molecule has 2 aromatic rings. The lowest BCUT2D eigenvalue weighted by molar-refractivity contribution is 0.478. The number of rotatable bonds is 3. The van der Waals surface area contributed by atoms with Gasteiger partial charge in [0.1, 0.15) is 11.5 Å². The first-order valence-electron chi connectivity index (χ1n) is 4.97. The molecule has 0 radical (unpaired) electrons. The summed E-state index contributed by atoms with van der Waals surface area (Å²) in [4.78, 5) is 0. The van der Waals surface area contributed by atoms with E-state index in [0.717, 1.165) is 21.1 Å². The van der Waals surface area contributed by atoms with Crippen LogP contribution in [-0.2, 0) is 5.33 Å². The van der Waals surface area contributed by atoms with Gasteiger partial charge in [0.15, 0.2) is 0 Å². The summed E-state index contributed by atoms with van der Waals surface area (Å²) in [5.74, 6) is 1.46. The molecular weight excluding hydrogens is 367 g/mol. The van der Waals surface area contributed by atoms with E-state index in [9.17, 15) is 0 Å². The van der Waals surface area contributed by atoms with Gasteiger partial charge in [-0.05, 0) is 24.3 Å².